The van der Waals surface area contributed by atoms with Gasteiger partial charge in [0.05, 0.1) is 6.04 Å². The second-order valence-corrected chi connectivity index (χ2v) is 6.04. The molecule has 0 aromatic rings. The number of rotatable bonds is 5. The third-order valence-corrected chi connectivity index (χ3v) is 4.17. The highest BCUT2D eigenvalue weighted by Gasteiger charge is 2.26. The van der Waals surface area contributed by atoms with E-state index in [0.29, 0.717) is 6.04 Å². The summed E-state index contributed by atoms with van der Waals surface area (Å²) in [5.74, 6) is 1.86. The van der Waals surface area contributed by atoms with Crippen molar-refractivity contribution < 1.29 is 4.79 Å². The molecule has 0 saturated heterocycles. The van der Waals surface area contributed by atoms with Gasteiger partial charge in [-0.2, -0.15) is 0 Å². The minimum Gasteiger partial charge on any atom is -0.352 e. The van der Waals surface area contributed by atoms with Crippen molar-refractivity contribution in [3.05, 3.63) is 0 Å². The molecule has 1 amide bonds. The summed E-state index contributed by atoms with van der Waals surface area (Å²) >= 11 is 0. The first-order valence-electron chi connectivity index (χ1n) is 7.19. The van der Waals surface area contributed by atoms with Crippen LogP contribution < -0.4 is 10.6 Å². The summed E-state index contributed by atoms with van der Waals surface area (Å²) in [7, 11) is 0. The first kappa shape index (κ1) is 12.9. The summed E-state index contributed by atoms with van der Waals surface area (Å²) in [5, 5.41) is 6.44. The Hall–Kier alpha value is -0.570. The maximum Gasteiger partial charge on any atom is 0.237 e. The van der Waals surface area contributed by atoms with Crippen LogP contribution in [0.2, 0.25) is 0 Å². The molecule has 2 saturated carbocycles. The van der Waals surface area contributed by atoms with E-state index in [2.05, 4.69) is 17.6 Å². The predicted molar refractivity (Wildman–Crippen MR) is 69.8 cm³/mol. The minimum atomic E-state index is -0.0325. The lowest BCUT2D eigenvalue weighted by atomic mass is 9.83. The molecule has 98 valence electrons. The van der Waals surface area contributed by atoms with Crippen molar-refractivity contribution in [2.45, 2.75) is 64.5 Å². The van der Waals surface area contributed by atoms with E-state index in [4.69, 9.17) is 0 Å². The molecule has 0 aromatic heterocycles. The molecule has 17 heavy (non-hydrogen) atoms. The summed E-state index contributed by atoms with van der Waals surface area (Å²) in [6.45, 7) is 5.32. The van der Waals surface area contributed by atoms with Crippen LogP contribution in [0.15, 0.2) is 0 Å². The van der Waals surface area contributed by atoms with E-state index in [1.807, 2.05) is 6.92 Å². The highest BCUT2D eigenvalue weighted by molar-refractivity contribution is 5.81. The molecular weight excluding hydrogens is 212 g/mol. The molecule has 2 aliphatic rings. The van der Waals surface area contributed by atoms with Gasteiger partial charge in [0.15, 0.2) is 0 Å². The van der Waals surface area contributed by atoms with Crippen LogP contribution >= 0.6 is 0 Å². The fraction of sp³-hybridized carbons (Fsp3) is 0.929. The second kappa shape index (κ2) is 5.85. The lowest BCUT2D eigenvalue weighted by molar-refractivity contribution is -0.122. The summed E-state index contributed by atoms with van der Waals surface area (Å²) in [4.78, 5) is 11.7. The molecule has 0 heterocycles. The zero-order valence-corrected chi connectivity index (χ0v) is 11.2. The normalized spacial score (nSPS) is 30.9. The molecule has 1 atom stereocenters. The number of nitrogens with one attached hydrogen (secondary N) is 2. The van der Waals surface area contributed by atoms with E-state index >= 15 is 0 Å². The molecule has 2 rings (SSSR count). The van der Waals surface area contributed by atoms with E-state index in [0.717, 1.165) is 18.4 Å². The number of amides is 1. The maximum absolute atomic E-state index is 11.7. The van der Waals surface area contributed by atoms with E-state index in [9.17, 15) is 4.79 Å². The van der Waals surface area contributed by atoms with Crippen LogP contribution in [-0.2, 0) is 4.79 Å². The standard InChI is InChI=1S/C14H26N2O/c1-10-3-5-12(6-4-10)9-15-11(2)14(17)16-13-7-8-13/h10-13,15H,3-9H2,1-2H3,(H,16,17). The van der Waals surface area contributed by atoms with Crippen LogP contribution in [0.4, 0.5) is 0 Å². The van der Waals surface area contributed by atoms with Crippen molar-refractivity contribution in [2.75, 3.05) is 6.54 Å². The fourth-order valence-electron chi connectivity index (χ4n) is 2.52. The molecule has 3 heteroatoms. The lowest BCUT2D eigenvalue weighted by Gasteiger charge is -2.27. The van der Waals surface area contributed by atoms with Crippen molar-refractivity contribution >= 4 is 5.91 Å². The van der Waals surface area contributed by atoms with E-state index in [1.54, 1.807) is 0 Å². The van der Waals surface area contributed by atoms with Crippen LogP contribution in [0.3, 0.4) is 0 Å². The SMILES string of the molecule is CC1CCC(CNC(C)C(=O)NC2CC2)CC1. The Morgan fingerprint density at radius 3 is 2.41 bits per heavy atom. The van der Waals surface area contributed by atoms with Gasteiger partial charge >= 0.3 is 0 Å². The first-order chi connectivity index (χ1) is 8.15. The van der Waals surface area contributed by atoms with E-state index < -0.39 is 0 Å². The predicted octanol–water partition coefficient (Wildman–Crippen LogP) is 2.07. The van der Waals surface area contributed by atoms with Crippen LogP contribution in [0.5, 0.6) is 0 Å². The highest BCUT2D eigenvalue weighted by atomic mass is 16.2. The quantitative estimate of drug-likeness (QED) is 0.770. The summed E-state index contributed by atoms with van der Waals surface area (Å²) in [6.07, 6.45) is 7.69. The number of carbonyl (C=O) groups excluding carboxylic acids is 1. The third-order valence-electron chi connectivity index (χ3n) is 4.17. The average Bonchev–Trinajstić information content (AvgIpc) is 3.11. The Morgan fingerprint density at radius 1 is 1.18 bits per heavy atom. The summed E-state index contributed by atoms with van der Waals surface area (Å²) in [6, 6.07) is 0.442. The first-order valence-corrected chi connectivity index (χ1v) is 7.19. The van der Waals surface area contributed by atoms with Gasteiger partial charge in [0.1, 0.15) is 0 Å². The monoisotopic (exact) mass is 238 g/mol. The Bertz CT molecular complexity index is 255. The molecular formula is C14H26N2O. The summed E-state index contributed by atoms with van der Waals surface area (Å²) in [5.41, 5.74) is 0. The lowest BCUT2D eigenvalue weighted by Crippen LogP contribution is -2.44. The van der Waals surface area contributed by atoms with Gasteiger partial charge < -0.3 is 10.6 Å². The molecule has 1 unspecified atom stereocenters. The van der Waals surface area contributed by atoms with Crippen molar-refractivity contribution in [1.82, 2.24) is 10.6 Å². The maximum atomic E-state index is 11.7. The van der Waals surface area contributed by atoms with Crippen molar-refractivity contribution in [1.29, 1.82) is 0 Å². The second-order valence-electron chi connectivity index (χ2n) is 6.04. The molecule has 2 fully saturated rings. The number of carbonyl (C=O) groups is 1. The Labute approximate surface area is 105 Å². The van der Waals surface area contributed by atoms with Gasteiger partial charge in [0, 0.05) is 6.04 Å². The fourth-order valence-corrected chi connectivity index (χ4v) is 2.52. The Kier molecular flexibility index (Phi) is 4.43. The number of hydrogen-bond acceptors (Lipinski definition) is 2. The van der Waals surface area contributed by atoms with Crippen molar-refractivity contribution in [3.63, 3.8) is 0 Å². The van der Waals surface area contributed by atoms with Crippen LogP contribution in [0.25, 0.3) is 0 Å². The van der Waals surface area contributed by atoms with Gasteiger partial charge in [-0.15, -0.1) is 0 Å². The molecule has 2 N–H and O–H groups in total. The molecule has 0 aromatic carbocycles. The van der Waals surface area contributed by atoms with E-state index in [1.165, 1.54) is 38.5 Å². The Morgan fingerprint density at radius 2 is 1.82 bits per heavy atom. The molecule has 0 bridgehead atoms. The van der Waals surface area contributed by atoms with Gasteiger partial charge in [-0.05, 0) is 51.0 Å². The average molecular weight is 238 g/mol. The van der Waals surface area contributed by atoms with Gasteiger partial charge in [0.25, 0.3) is 0 Å². The van der Waals surface area contributed by atoms with Crippen molar-refractivity contribution in [3.8, 4) is 0 Å². The summed E-state index contributed by atoms with van der Waals surface area (Å²) < 4.78 is 0. The van der Waals surface area contributed by atoms with Gasteiger partial charge in [-0.1, -0.05) is 19.8 Å². The molecule has 0 radical (unpaired) electrons. The largest absolute Gasteiger partial charge is 0.352 e. The Balaban J connectivity index is 1.61. The van der Waals surface area contributed by atoms with Crippen LogP contribution in [0.1, 0.15) is 52.4 Å². The molecule has 0 spiro atoms. The van der Waals surface area contributed by atoms with Gasteiger partial charge in [-0.3, -0.25) is 4.79 Å². The molecule has 0 aliphatic heterocycles. The van der Waals surface area contributed by atoms with Crippen molar-refractivity contribution in [2.24, 2.45) is 11.8 Å². The van der Waals surface area contributed by atoms with Gasteiger partial charge in [-0.25, -0.2) is 0 Å². The minimum absolute atomic E-state index is 0.0325. The van der Waals surface area contributed by atoms with E-state index in [-0.39, 0.29) is 11.9 Å². The zero-order chi connectivity index (χ0) is 12.3. The topological polar surface area (TPSA) is 41.1 Å². The zero-order valence-electron chi connectivity index (χ0n) is 11.2. The van der Waals surface area contributed by atoms with Crippen LogP contribution in [0, 0.1) is 11.8 Å². The number of hydrogen-bond donors (Lipinski definition) is 2. The highest BCUT2D eigenvalue weighted by Crippen LogP contribution is 2.27. The van der Waals surface area contributed by atoms with Crippen LogP contribution in [-0.4, -0.2) is 24.5 Å². The third kappa shape index (κ3) is 4.30. The molecule has 2 aliphatic carbocycles. The smallest absolute Gasteiger partial charge is 0.237 e. The molecule has 3 nitrogen and oxygen atoms in total. The van der Waals surface area contributed by atoms with Gasteiger partial charge in [0.2, 0.25) is 5.91 Å².